The Morgan fingerprint density at radius 3 is 2.02 bits per heavy atom. The van der Waals surface area contributed by atoms with Crippen molar-refractivity contribution in [1.82, 2.24) is 5.32 Å². The van der Waals surface area contributed by atoms with Crippen LogP contribution in [-0.4, -0.2) is 31.0 Å². The van der Waals surface area contributed by atoms with Gasteiger partial charge in [-0.25, -0.2) is 4.79 Å². The lowest BCUT2D eigenvalue weighted by atomic mass is 9.99. The van der Waals surface area contributed by atoms with Crippen molar-refractivity contribution in [3.63, 3.8) is 0 Å². The van der Waals surface area contributed by atoms with E-state index < -0.39 is 23.8 Å². The number of amidine groups is 1. The van der Waals surface area contributed by atoms with Crippen LogP contribution in [0.4, 0.5) is 18.9 Å². The molecule has 12 heteroatoms. The van der Waals surface area contributed by atoms with Crippen LogP contribution < -0.4 is 25.8 Å². The van der Waals surface area contributed by atoms with Crippen molar-refractivity contribution < 1.29 is 37.0 Å². The minimum Gasteiger partial charge on any atom is -0.493 e. The molecule has 9 nitrogen and oxygen atoms in total. The van der Waals surface area contributed by atoms with Crippen LogP contribution in [0.5, 0.6) is 11.5 Å². The average molecular weight is 607 g/mol. The standard InChI is InChI=1S/C32H29F3N4O5/c1-42-27-18-24(14-17-26(27)43-20-22-10-6-3-7-11-22)31(44-30(41)32(33,34)35,29(40)38-19-21-8-4-2-5-9-21)39-25-15-12-23(13-16-25)28(36)37/h2-18,39H,19-20H2,1H3,(H3,36,37)(H,38,40)/t31-/m0/s1. The molecule has 0 spiro atoms. The van der Waals surface area contributed by atoms with Gasteiger partial charge in [0.2, 0.25) is 0 Å². The number of methoxy groups -OCH3 is 1. The summed E-state index contributed by atoms with van der Waals surface area (Å²) in [6.45, 7) is 0.0639. The summed E-state index contributed by atoms with van der Waals surface area (Å²) in [6, 6.07) is 27.4. The predicted octanol–water partition coefficient (Wildman–Crippen LogP) is 5.25. The van der Waals surface area contributed by atoms with Crippen LogP contribution in [0.1, 0.15) is 22.3 Å². The van der Waals surface area contributed by atoms with Crippen LogP contribution in [0.15, 0.2) is 103 Å². The number of carbonyl (C=O) groups excluding carboxylic acids is 2. The minimum absolute atomic E-state index is 0.0652. The number of nitrogens with one attached hydrogen (secondary N) is 3. The van der Waals surface area contributed by atoms with Crippen molar-refractivity contribution in [3.05, 3.63) is 125 Å². The van der Waals surface area contributed by atoms with Gasteiger partial charge >= 0.3 is 12.1 Å². The molecular formula is C32H29F3N4O5. The lowest BCUT2D eigenvalue weighted by Gasteiger charge is -2.34. The molecule has 0 aromatic heterocycles. The van der Waals surface area contributed by atoms with Gasteiger partial charge in [0, 0.05) is 23.4 Å². The fourth-order valence-corrected chi connectivity index (χ4v) is 4.17. The topological polar surface area (TPSA) is 136 Å². The van der Waals surface area contributed by atoms with Crippen LogP contribution in [-0.2, 0) is 33.2 Å². The number of esters is 1. The molecule has 0 bridgehead atoms. The van der Waals surface area contributed by atoms with E-state index in [9.17, 15) is 22.8 Å². The SMILES string of the molecule is COc1cc([C@](Nc2ccc(C(=N)N)cc2)(OC(=O)C(F)(F)F)C(=O)NCc2ccccc2)ccc1OCc1ccccc1. The quantitative estimate of drug-likeness (QED) is 0.0749. The molecular weight excluding hydrogens is 577 g/mol. The van der Waals surface area contributed by atoms with E-state index in [0.29, 0.717) is 11.1 Å². The number of alkyl halides is 3. The van der Waals surface area contributed by atoms with E-state index in [1.807, 2.05) is 30.3 Å². The molecule has 4 aromatic carbocycles. The smallest absolute Gasteiger partial charge is 0.491 e. The average Bonchev–Trinajstić information content (AvgIpc) is 3.02. The zero-order valence-electron chi connectivity index (χ0n) is 23.5. The molecule has 0 fully saturated rings. The Morgan fingerprint density at radius 1 is 0.841 bits per heavy atom. The van der Waals surface area contributed by atoms with Crippen molar-refractivity contribution in [2.24, 2.45) is 5.73 Å². The van der Waals surface area contributed by atoms with E-state index in [1.54, 1.807) is 30.3 Å². The molecule has 0 saturated heterocycles. The Morgan fingerprint density at radius 2 is 1.45 bits per heavy atom. The predicted molar refractivity (Wildman–Crippen MR) is 157 cm³/mol. The van der Waals surface area contributed by atoms with Crippen LogP contribution in [0.25, 0.3) is 0 Å². The van der Waals surface area contributed by atoms with E-state index in [0.717, 1.165) is 5.56 Å². The number of anilines is 1. The van der Waals surface area contributed by atoms with Gasteiger partial charge in [0.1, 0.15) is 12.4 Å². The van der Waals surface area contributed by atoms with E-state index in [-0.39, 0.29) is 41.7 Å². The summed E-state index contributed by atoms with van der Waals surface area (Å²) in [5.74, 6) is -3.66. The Kier molecular flexibility index (Phi) is 9.74. The highest BCUT2D eigenvalue weighted by molar-refractivity contribution is 5.96. The highest BCUT2D eigenvalue weighted by Crippen LogP contribution is 2.37. The number of nitrogen functional groups attached to an aromatic ring is 1. The number of hydrogen-bond donors (Lipinski definition) is 4. The van der Waals surface area contributed by atoms with Gasteiger partial charge in [-0.1, -0.05) is 60.7 Å². The van der Waals surface area contributed by atoms with E-state index >= 15 is 0 Å². The first-order valence-corrected chi connectivity index (χ1v) is 13.2. The molecule has 0 aliphatic carbocycles. The molecule has 0 heterocycles. The lowest BCUT2D eigenvalue weighted by Crippen LogP contribution is -2.54. The summed E-state index contributed by atoms with van der Waals surface area (Å²) >= 11 is 0. The third-order valence-corrected chi connectivity index (χ3v) is 6.42. The number of rotatable bonds is 12. The van der Waals surface area contributed by atoms with Crippen LogP contribution in [0, 0.1) is 5.41 Å². The normalized spacial score (nSPS) is 12.4. The molecule has 0 radical (unpaired) electrons. The second kappa shape index (κ2) is 13.6. The van der Waals surface area contributed by atoms with Gasteiger partial charge in [0.05, 0.1) is 7.11 Å². The van der Waals surface area contributed by atoms with E-state index in [2.05, 4.69) is 10.6 Å². The van der Waals surface area contributed by atoms with Crippen LogP contribution in [0.3, 0.4) is 0 Å². The van der Waals surface area contributed by atoms with Gasteiger partial charge in [-0.3, -0.25) is 10.2 Å². The zero-order chi connectivity index (χ0) is 31.7. The molecule has 0 aliphatic rings. The molecule has 0 aliphatic heterocycles. The minimum atomic E-state index is -5.44. The Labute approximate surface area is 251 Å². The second-order valence-electron chi connectivity index (χ2n) is 9.49. The number of nitrogens with two attached hydrogens (primary N) is 1. The van der Waals surface area contributed by atoms with Gasteiger partial charge < -0.3 is 30.6 Å². The maximum Gasteiger partial charge on any atom is 0.491 e. The Hall–Kier alpha value is -5.52. The van der Waals surface area contributed by atoms with Gasteiger partial charge in [-0.15, -0.1) is 0 Å². The Bertz CT molecular complexity index is 1600. The molecule has 1 amide bonds. The first-order chi connectivity index (χ1) is 21.0. The zero-order valence-corrected chi connectivity index (χ0v) is 23.5. The van der Waals surface area contributed by atoms with Crippen LogP contribution in [0.2, 0.25) is 0 Å². The lowest BCUT2D eigenvalue weighted by molar-refractivity contribution is -0.213. The van der Waals surface area contributed by atoms with Gasteiger partial charge in [-0.2, -0.15) is 13.2 Å². The summed E-state index contributed by atoms with van der Waals surface area (Å²) in [5.41, 5.74) is 4.49. The third-order valence-electron chi connectivity index (χ3n) is 6.42. The molecule has 44 heavy (non-hydrogen) atoms. The van der Waals surface area contributed by atoms with Gasteiger partial charge in [0.15, 0.2) is 11.5 Å². The third kappa shape index (κ3) is 7.65. The Balaban J connectivity index is 1.80. The van der Waals surface area contributed by atoms with Crippen molar-refractivity contribution in [2.75, 3.05) is 12.4 Å². The fraction of sp³-hybridized carbons (Fsp3) is 0.156. The van der Waals surface area contributed by atoms with Crippen molar-refractivity contribution in [3.8, 4) is 11.5 Å². The number of benzene rings is 4. The summed E-state index contributed by atoms with van der Waals surface area (Å²) in [6.07, 6.45) is -5.44. The number of halogens is 3. The number of amides is 1. The largest absolute Gasteiger partial charge is 0.493 e. The number of carbonyl (C=O) groups is 2. The van der Waals surface area contributed by atoms with Gasteiger partial charge in [-0.05, 0) is 53.6 Å². The molecule has 0 saturated carbocycles. The maximum atomic E-state index is 13.9. The highest BCUT2D eigenvalue weighted by Gasteiger charge is 2.52. The molecule has 5 N–H and O–H groups in total. The summed E-state index contributed by atoms with van der Waals surface area (Å²) in [7, 11) is 1.32. The molecule has 228 valence electrons. The monoisotopic (exact) mass is 606 g/mol. The fourth-order valence-electron chi connectivity index (χ4n) is 4.17. The van der Waals surface area contributed by atoms with E-state index in [4.69, 9.17) is 25.4 Å². The number of ether oxygens (including phenoxy) is 3. The molecule has 4 rings (SSSR count). The van der Waals surface area contributed by atoms with Crippen molar-refractivity contribution in [2.45, 2.75) is 25.1 Å². The first-order valence-electron chi connectivity index (χ1n) is 13.2. The summed E-state index contributed by atoms with van der Waals surface area (Å²) in [5, 5.41) is 12.9. The molecule has 1 atom stereocenters. The molecule has 0 unspecified atom stereocenters. The summed E-state index contributed by atoms with van der Waals surface area (Å²) in [4.78, 5) is 26.3. The van der Waals surface area contributed by atoms with Crippen molar-refractivity contribution >= 4 is 23.4 Å². The molecule has 4 aromatic rings. The number of hydrogen-bond acceptors (Lipinski definition) is 7. The second-order valence-corrected chi connectivity index (χ2v) is 9.49. The van der Waals surface area contributed by atoms with Crippen LogP contribution >= 0.6 is 0 Å². The summed E-state index contributed by atoms with van der Waals surface area (Å²) < 4.78 is 57.3. The van der Waals surface area contributed by atoms with Gasteiger partial charge in [0.25, 0.3) is 11.6 Å². The maximum absolute atomic E-state index is 13.9. The van der Waals surface area contributed by atoms with Crippen molar-refractivity contribution in [1.29, 1.82) is 5.41 Å². The van der Waals surface area contributed by atoms with E-state index in [1.165, 1.54) is 49.6 Å². The highest BCUT2D eigenvalue weighted by atomic mass is 19.4. The first kappa shape index (κ1) is 31.4.